The van der Waals surface area contributed by atoms with Gasteiger partial charge in [-0.05, 0) is 0 Å². The van der Waals surface area contributed by atoms with Crippen LogP contribution in [0.2, 0.25) is 0 Å². The van der Waals surface area contributed by atoms with Gasteiger partial charge in [-0.2, -0.15) is 0 Å². The molecule has 0 aromatic heterocycles. The van der Waals surface area contributed by atoms with Crippen molar-refractivity contribution in [1.29, 1.82) is 0 Å². The standard InChI is InChI=1S/C4H6O2.2Al.3H2O4S/c1-3-6-4(2)5;;;3*1-5(2,3)4/h3H,1H2,2H3;;;3*(H2,1,2,3,4)/q;2*+3;;;/p-6. The Morgan fingerprint density at radius 3 is 0.913 bits per heavy atom. The molecule has 0 fully saturated rings. The van der Waals surface area contributed by atoms with E-state index in [9.17, 15) is 4.79 Å². The van der Waals surface area contributed by atoms with Gasteiger partial charge in [0.1, 0.15) is 0 Å². The van der Waals surface area contributed by atoms with Gasteiger partial charge in [-0.3, -0.25) is 30.0 Å². The molecule has 0 radical (unpaired) electrons. The van der Waals surface area contributed by atoms with Crippen LogP contribution in [0.3, 0.4) is 0 Å². The minimum Gasteiger partial charge on any atom is -0.759 e. The topological polar surface area (TPSA) is 267 Å². The quantitative estimate of drug-likeness (QED) is 0.126. The van der Waals surface area contributed by atoms with Crippen molar-refractivity contribution >= 4 is 71.9 Å². The summed E-state index contributed by atoms with van der Waals surface area (Å²) in [5.74, 6) is -0.329. The Balaban J connectivity index is -0.0000000408. The third-order valence-corrected chi connectivity index (χ3v) is 0.249. The van der Waals surface area contributed by atoms with Crippen LogP contribution in [-0.4, -0.2) is 93.3 Å². The van der Waals surface area contributed by atoms with Crippen LogP contribution in [-0.2, 0) is 40.7 Å². The van der Waals surface area contributed by atoms with E-state index in [1.54, 1.807) is 0 Å². The first-order valence-corrected chi connectivity index (χ1v) is 7.55. The SMILES string of the molecule is C=COC(C)=O.O=S(=O)([O-])[O-].O=S(=O)([O-])[O-].O=S(=O)([O-])[O-].[Al+3].[Al+3]. The van der Waals surface area contributed by atoms with Gasteiger partial charge in [-0.25, -0.2) is 0 Å². The fraction of sp³-hybridized carbons (Fsp3) is 0.250. The molecule has 0 saturated heterocycles. The van der Waals surface area contributed by atoms with E-state index < -0.39 is 31.2 Å². The van der Waals surface area contributed by atoms with Crippen molar-refractivity contribution < 1.29 is 62.1 Å². The molecule has 130 valence electrons. The number of rotatable bonds is 1. The molecule has 0 aliphatic carbocycles. The van der Waals surface area contributed by atoms with Crippen molar-refractivity contribution in [3.8, 4) is 0 Å². The zero-order valence-corrected chi connectivity index (χ0v) is 15.6. The largest absolute Gasteiger partial charge is 3.00 e. The van der Waals surface area contributed by atoms with Gasteiger partial charge in [0.05, 0.1) is 6.26 Å². The summed E-state index contributed by atoms with van der Waals surface area (Å²) in [7, 11) is -15.5. The van der Waals surface area contributed by atoms with E-state index in [-0.39, 0.29) is 40.7 Å². The Labute approximate surface area is 153 Å². The summed E-state index contributed by atoms with van der Waals surface area (Å²) in [5.41, 5.74) is 0. The van der Waals surface area contributed by atoms with Gasteiger partial charge in [0.25, 0.3) is 0 Å². The van der Waals surface area contributed by atoms with Crippen LogP contribution >= 0.6 is 0 Å². The number of ether oxygens (including phenoxy) is 1. The summed E-state index contributed by atoms with van der Waals surface area (Å²) in [6.45, 7) is 4.48. The van der Waals surface area contributed by atoms with Gasteiger partial charge in [0, 0.05) is 38.1 Å². The van der Waals surface area contributed by atoms with Crippen molar-refractivity contribution in [2.45, 2.75) is 6.92 Å². The van der Waals surface area contributed by atoms with E-state index in [1.165, 1.54) is 6.92 Å². The summed E-state index contributed by atoms with van der Waals surface area (Å²) in [6.07, 6.45) is 1.10. The Bertz CT molecular complexity index is 493. The first kappa shape index (κ1) is 38.4. The molecule has 19 heteroatoms. The van der Waals surface area contributed by atoms with Crippen LogP contribution in [0.4, 0.5) is 0 Å². The van der Waals surface area contributed by atoms with Gasteiger partial charge in [-0.15, -0.1) is 0 Å². The number of carbonyl (C=O) groups excluding carboxylic acids is 1. The summed E-state index contributed by atoms with van der Waals surface area (Å²) < 4.78 is 106. The molecule has 0 aliphatic rings. The van der Waals surface area contributed by atoms with E-state index in [1.807, 2.05) is 0 Å². The fourth-order valence-corrected chi connectivity index (χ4v) is 0.117. The maximum absolute atomic E-state index is 9.75. The molecular formula is C4H6Al2O14S3. The average Bonchev–Trinajstić information content (AvgIpc) is 1.91. The first-order valence-electron chi connectivity index (χ1n) is 3.55. The number of carbonyl (C=O) groups is 1. The molecule has 0 aliphatic heterocycles. The minimum atomic E-state index is -5.17. The van der Waals surface area contributed by atoms with Crippen molar-refractivity contribution in [3.05, 3.63) is 12.8 Å². The molecule has 0 heterocycles. The monoisotopic (exact) mass is 428 g/mol. The fourth-order valence-electron chi connectivity index (χ4n) is 0.117. The maximum Gasteiger partial charge on any atom is 3.00 e. The van der Waals surface area contributed by atoms with Gasteiger partial charge < -0.3 is 32.1 Å². The van der Waals surface area contributed by atoms with Crippen LogP contribution < -0.4 is 0 Å². The van der Waals surface area contributed by atoms with Gasteiger partial charge in [0.2, 0.25) is 0 Å². The molecular weight excluding hydrogens is 422 g/mol. The molecule has 0 rings (SSSR count). The Morgan fingerprint density at radius 2 is 0.913 bits per heavy atom. The Morgan fingerprint density at radius 1 is 0.783 bits per heavy atom. The molecule has 0 bridgehead atoms. The van der Waals surface area contributed by atoms with E-state index in [4.69, 9.17) is 52.6 Å². The van der Waals surface area contributed by atoms with Crippen molar-refractivity contribution in [1.82, 2.24) is 0 Å². The van der Waals surface area contributed by atoms with Gasteiger partial charge in [-0.1, -0.05) is 6.58 Å². The second kappa shape index (κ2) is 18.2. The van der Waals surface area contributed by atoms with Crippen molar-refractivity contribution in [2.75, 3.05) is 0 Å². The smallest absolute Gasteiger partial charge is 0.759 e. The van der Waals surface area contributed by atoms with Gasteiger partial charge in [0.15, 0.2) is 0 Å². The van der Waals surface area contributed by atoms with E-state index in [2.05, 4.69) is 11.3 Å². The molecule has 0 aromatic carbocycles. The van der Waals surface area contributed by atoms with Crippen LogP contribution in [0.25, 0.3) is 0 Å². The Hall–Kier alpha value is -0.115. The van der Waals surface area contributed by atoms with Crippen LogP contribution in [0.1, 0.15) is 6.92 Å². The number of hydrogen-bond acceptors (Lipinski definition) is 14. The van der Waals surface area contributed by atoms with Crippen LogP contribution in [0, 0.1) is 0 Å². The summed E-state index contributed by atoms with van der Waals surface area (Å²) in [4.78, 5) is 9.75. The summed E-state index contributed by atoms with van der Waals surface area (Å²) in [6, 6.07) is 0. The molecule has 14 nitrogen and oxygen atoms in total. The van der Waals surface area contributed by atoms with Crippen LogP contribution in [0.15, 0.2) is 12.8 Å². The maximum atomic E-state index is 9.75. The number of esters is 1. The molecule has 23 heavy (non-hydrogen) atoms. The van der Waals surface area contributed by atoms with E-state index in [0.29, 0.717) is 0 Å². The van der Waals surface area contributed by atoms with Gasteiger partial charge >= 0.3 is 40.7 Å². The molecule has 0 saturated carbocycles. The third kappa shape index (κ3) is 1040. The average molecular weight is 428 g/mol. The third-order valence-electron chi connectivity index (χ3n) is 0.249. The predicted octanol–water partition coefficient (Wildman–Crippen LogP) is -4.08. The second-order valence-corrected chi connectivity index (χ2v) is 4.45. The number of hydrogen-bond donors (Lipinski definition) is 0. The summed E-state index contributed by atoms with van der Waals surface area (Å²) >= 11 is 0. The molecule has 0 amide bonds. The normalized spacial score (nSPS) is 9.35. The minimum absolute atomic E-state index is 0. The molecule has 0 aromatic rings. The van der Waals surface area contributed by atoms with Crippen molar-refractivity contribution in [2.24, 2.45) is 0 Å². The Kier molecular flexibility index (Phi) is 30.5. The zero-order chi connectivity index (χ0) is 18.5. The van der Waals surface area contributed by atoms with E-state index >= 15 is 0 Å². The van der Waals surface area contributed by atoms with Crippen molar-refractivity contribution in [3.63, 3.8) is 0 Å². The summed E-state index contributed by atoms with van der Waals surface area (Å²) in [5, 5.41) is 0. The van der Waals surface area contributed by atoms with Crippen LogP contribution in [0.5, 0.6) is 0 Å². The second-order valence-electron chi connectivity index (χ2n) is 2.00. The predicted molar refractivity (Wildman–Crippen MR) is 64.9 cm³/mol. The molecule has 0 atom stereocenters. The molecule has 0 spiro atoms. The molecule has 0 unspecified atom stereocenters. The van der Waals surface area contributed by atoms with E-state index in [0.717, 1.165) is 6.26 Å². The molecule has 0 N–H and O–H groups in total. The first-order chi connectivity index (χ1) is 8.77. The zero-order valence-electron chi connectivity index (χ0n) is 10.9.